The molecule has 1 aliphatic heterocycles. The van der Waals surface area contributed by atoms with Crippen LogP contribution < -0.4 is 10.6 Å². The van der Waals surface area contributed by atoms with Gasteiger partial charge in [-0.05, 0) is 36.9 Å². The summed E-state index contributed by atoms with van der Waals surface area (Å²) in [7, 11) is 2.03. The van der Waals surface area contributed by atoms with Crippen LogP contribution in [-0.4, -0.2) is 45.4 Å². The summed E-state index contributed by atoms with van der Waals surface area (Å²) in [6.07, 6.45) is 2.45. The number of fused-ring (bicyclic) bond motifs is 1. The zero-order valence-corrected chi connectivity index (χ0v) is 18.7. The molecule has 1 unspecified atom stereocenters. The van der Waals surface area contributed by atoms with Crippen LogP contribution >= 0.6 is 11.3 Å². The van der Waals surface area contributed by atoms with E-state index in [-0.39, 0.29) is 17.4 Å². The molecule has 1 fully saturated rings. The van der Waals surface area contributed by atoms with Gasteiger partial charge in [0.25, 0.3) is 0 Å². The summed E-state index contributed by atoms with van der Waals surface area (Å²) in [6, 6.07) is 8.08. The minimum Gasteiger partial charge on any atom is -0.364 e. The highest BCUT2D eigenvalue weighted by atomic mass is 32.1. The number of hydrogen-bond donors (Lipinski definition) is 2. The molecule has 0 spiro atoms. The number of carbonyl (C=O) groups excluding carboxylic acids is 1. The van der Waals surface area contributed by atoms with Crippen LogP contribution in [0.2, 0.25) is 0 Å². The summed E-state index contributed by atoms with van der Waals surface area (Å²) in [6.45, 7) is 8.45. The Morgan fingerprint density at radius 2 is 1.97 bits per heavy atom. The van der Waals surface area contributed by atoms with E-state index in [0.29, 0.717) is 13.1 Å². The molecule has 1 aromatic carbocycles. The molecule has 7 nitrogen and oxygen atoms in total. The number of amides is 1. The largest absolute Gasteiger partial charge is 0.364 e. The number of aromatic nitrogens is 3. The highest BCUT2D eigenvalue weighted by molar-refractivity contribution is 7.18. The minimum absolute atomic E-state index is 0.0625. The fourth-order valence-electron chi connectivity index (χ4n) is 4.19. The smallest absolute Gasteiger partial charge is 0.237 e. The van der Waals surface area contributed by atoms with E-state index in [1.165, 1.54) is 0 Å². The molecule has 0 bridgehead atoms. The maximum atomic E-state index is 12.8. The number of carbonyl (C=O) groups is 1. The molecule has 2 aromatic heterocycles. The van der Waals surface area contributed by atoms with Crippen LogP contribution in [0.15, 0.2) is 30.6 Å². The predicted molar refractivity (Wildman–Crippen MR) is 120 cm³/mol. The molecule has 0 saturated carbocycles. The highest BCUT2D eigenvalue weighted by Crippen LogP contribution is 2.32. The lowest BCUT2D eigenvalue weighted by atomic mass is 9.90. The average Bonchev–Trinajstić information content (AvgIpc) is 3.22. The predicted octanol–water partition coefficient (Wildman–Crippen LogP) is 3.35. The third-order valence-corrected chi connectivity index (χ3v) is 6.46. The maximum absolute atomic E-state index is 12.8. The van der Waals surface area contributed by atoms with Gasteiger partial charge in [-0.2, -0.15) is 0 Å². The molecule has 1 amide bonds. The molecule has 0 radical (unpaired) electrons. The van der Waals surface area contributed by atoms with Crippen molar-refractivity contribution in [2.24, 2.45) is 5.41 Å². The van der Waals surface area contributed by atoms with E-state index in [0.717, 1.165) is 45.3 Å². The van der Waals surface area contributed by atoms with E-state index in [1.54, 1.807) is 17.7 Å². The monoisotopic (exact) mass is 424 g/mol. The van der Waals surface area contributed by atoms with Crippen LogP contribution in [0.25, 0.3) is 10.3 Å². The number of anilines is 1. The number of hydrogen-bond acceptors (Lipinski definition) is 7. The Bertz CT molecular complexity index is 1060. The normalized spacial score (nSPS) is 18.6. The summed E-state index contributed by atoms with van der Waals surface area (Å²) >= 11 is 1.56. The van der Waals surface area contributed by atoms with Gasteiger partial charge >= 0.3 is 0 Å². The summed E-state index contributed by atoms with van der Waals surface area (Å²) in [5.74, 6) is 0.833. The minimum atomic E-state index is -0.0625. The van der Waals surface area contributed by atoms with Crippen molar-refractivity contribution in [3.05, 3.63) is 46.7 Å². The Morgan fingerprint density at radius 3 is 2.67 bits per heavy atom. The molecule has 2 N–H and O–H groups in total. The van der Waals surface area contributed by atoms with Crippen LogP contribution in [0.3, 0.4) is 0 Å². The van der Waals surface area contributed by atoms with Crippen molar-refractivity contribution in [2.45, 2.75) is 46.3 Å². The lowest BCUT2D eigenvalue weighted by molar-refractivity contribution is -0.125. The van der Waals surface area contributed by atoms with Crippen LogP contribution in [-0.2, 0) is 17.9 Å². The van der Waals surface area contributed by atoms with Gasteiger partial charge < -0.3 is 10.6 Å². The van der Waals surface area contributed by atoms with Crippen molar-refractivity contribution in [3.63, 3.8) is 0 Å². The second-order valence-electron chi connectivity index (χ2n) is 8.75. The average molecular weight is 425 g/mol. The molecule has 4 rings (SSSR count). The van der Waals surface area contributed by atoms with Gasteiger partial charge in [0.05, 0.1) is 11.0 Å². The number of aryl methyl sites for hydroxylation is 1. The van der Waals surface area contributed by atoms with Crippen molar-refractivity contribution in [3.8, 4) is 0 Å². The molecule has 3 heterocycles. The molecule has 1 atom stereocenters. The van der Waals surface area contributed by atoms with E-state index in [9.17, 15) is 4.79 Å². The fourth-order valence-corrected chi connectivity index (χ4v) is 4.95. The number of likely N-dealkylation sites (N-methyl/N-ethyl adjacent to an activating group) is 1. The van der Waals surface area contributed by atoms with E-state index in [4.69, 9.17) is 0 Å². The summed E-state index contributed by atoms with van der Waals surface area (Å²) < 4.78 is 0. The third kappa shape index (κ3) is 4.44. The number of benzene rings is 1. The van der Waals surface area contributed by atoms with Gasteiger partial charge in [0, 0.05) is 19.6 Å². The van der Waals surface area contributed by atoms with Crippen LogP contribution in [0.1, 0.15) is 36.4 Å². The topological polar surface area (TPSA) is 83.0 Å². The molecule has 3 aromatic rings. The highest BCUT2D eigenvalue weighted by Gasteiger charge is 2.38. The number of rotatable bonds is 6. The quantitative estimate of drug-likeness (QED) is 0.631. The van der Waals surface area contributed by atoms with Gasteiger partial charge in [0.15, 0.2) is 5.82 Å². The lowest BCUT2D eigenvalue weighted by Gasteiger charge is -2.19. The van der Waals surface area contributed by atoms with Crippen molar-refractivity contribution >= 4 is 33.4 Å². The molecule has 158 valence electrons. The SMILES string of the molecule is Cc1nc2c(NCc3ccccc3CNC(=O)C3CC(C)(C)CN3C)ncnc2s1. The van der Waals surface area contributed by atoms with Gasteiger partial charge in [-0.15, -0.1) is 0 Å². The molecule has 8 heteroatoms. The second-order valence-corrected chi connectivity index (χ2v) is 9.93. The molecule has 1 aliphatic rings. The summed E-state index contributed by atoms with van der Waals surface area (Å²) in [4.78, 5) is 29.0. The van der Waals surface area contributed by atoms with Crippen LogP contribution in [0, 0.1) is 12.3 Å². The van der Waals surface area contributed by atoms with Crippen molar-refractivity contribution in [2.75, 3.05) is 18.9 Å². The maximum Gasteiger partial charge on any atom is 0.237 e. The first-order chi connectivity index (χ1) is 14.3. The first kappa shape index (κ1) is 20.7. The zero-order chi connectivity index (χ0) is 21.3. The standard InChI is InChI=1S/C22H28N6OS/c1-14-27-18-19(25-13-26-21(18)30-14)23-10-15-7-5-6-8-16(15)11-24-20(29)17-9-22(2,3)12-28(17)4/h5-8,13,17H,9-12H2,1-4H3,(H,24,29)(H,23,25,26). The molecule has 30 heavy (non-hydrogen) atoms. The van der Waals surface area contributed by atoms with Gasteiger partial charge in [0.2, 0.25) is 5.91 Å². The molecular weight excluding hydrogens is 396 g/mol. The summed E-state index contributed by atoms with van der Waals surface area (Å²) in [5, 5.41) is 7.50. The number of nitrogens with zero attached hydrogens (tertiary/aromatic N) is 4. The first-order valence-corrected chi connectivity index (χ1v) is 11.0. The van der Waals surface area contributed by atoms with E-state index in [2.05, 4.69) is 56.5 Å². The number of likely N-dealkylation sites (tertiary alicyclic amines) is 1. The second kappa shape index (κ2) is 8.28. The van der Waals surface area contributed by atoms with Gasteiger partial charge in [-0.3, -0.25) is 9.69 Å². The third-order valence-electron chi connectivity index (χ3n) is 5.58. The van der Waals surface area contributed by atoms with Crippen molar-refractivity contribution < 1.29 is 4.79 Å². The molecule has 0 aliphatic carbocycles. The Hall–Kier alpha value is -2.58. The molecular formula is C22H28N6OS. The first-order valence-electron chi connectivity index (χ1n) is 10.2. The fraction of sp³-hybridized carbons (Fsp3) is 0.455. The van der Waals surface area contributed by atoms with Gasteiger partial charge in [-0.1, -0.05) is 49.4 Å². The number of thiazole rings is 1. The van der Waals surface area contributed by atoms with E-state index < -0.39 is 0 Å². The Morgan fingerprint density at radius 1 is 1.23 bits per heavy atom. The van der Waals surface area contributed by atoms with E-state index in [1.807, 2.05) is 26.1 Å². The molecule has 1 saturated heterocycles. The lowest BCUT2D eigenvalue weighted by Crippen LogP contribution is -2.41. The van der Waals surface area contributed by atoms with Crippen molar-refractivity contribution in [1.82, 2.24) is 25.2 Å². The van der Waals surface area contributed by atoms with Gasteiger partial charge in [0.1, 0.15) is 16.7 Å². The Kier molecular flexibility index (Phi) is 5.71. The Labute approximate surface area is 180 Å². The Balaban J connectivity index is 1.42. The van der Waals surface area contributed by atoms with Crippen LogP contribution in [0.4, 0.5) is 5.82 Å². The van der Waals surface area contributed by atoms with Crippen LogP contribution in [0.5, 0.6) is 0 Å². The summed E-state index contributed by atoms with van der Waals surface area (Å²) in [5.41, 5.74) is 3.20. The van der Waals surface area contributed by atoms with Gasteiger partial charge in [-0.25, -0.2) is 15.0 Å². The van der Waals surface area contributed by atoms with E-state index >= 15 is 0 Å². The number of nitrogens with one attached hydrogen (secondary N) is 2. The zero-order valence-electron chi connectivity index (χ0n) is 17.9. The van der Waals surface area contributed by atoms with Crippen molar-refractivity contribution in [1.29, 1.82) is 0 Å².